The number of nitrogens with zero attached hydrogens (tertiary/aromatic N) is 1. The van der Waals surface area contributed by atoms with E-state index in [2.05, 4.69) is 4.72 Å². The molecule has 21 heavy (non-hydrogen) atoms. The van der Waals surface area contributed by atoms with Crippen molar-refractivity contribution in [3.63, 3.8) is 0 Å². The molecule has 0 atom stereocenters. The van der Waals surface area contributed by atoms with Crippen LogP contribution in [0.4, 0.5) is 10.1 Å². The molecule has 0 aliphatic carbocycles. The minimum absolute atomic E-state index is 0.00282. The maximum Gasteiger partial charge on any atom is 0.262 e. The predicted octanol–water partition coefficient (Wildman–Crippen LogP) is 3.80. The van der Waals surface area contributed by atoms with Gasteiger partial charge in [-0.25, -0.2) is 12.8 Å². The quantitative estimate of drug-likeness (QED) is 0.920. The van der Waals surface area contributed by atoms with Gasteiger partial charge >= 0.3 is 0 Å². The summed E-state index contributed by atoms with van der Waals surface area (Å²) in [6, 6.07) is 8.98. The highest BCUT2D eigenvalue weighted by Gasteiger charge is 2.17. The van der Waals surface area contributed by atoms with Gasteiger partial charge in [0.1, 0.15) is 11.9 Å². The van der Waals surface area contributed by atoms with Gasteiger partial charge < -0.3 is 0 Å². The SMILES string of the molecule is N#Cc1ccc(S(=O)(=O)Nc2ccc(Cl)cc2F)cc1Cl. The minimum atomic E-state index is -4.02. The van der Waals surface area contributed by atoms with Crippen molar-refractivity contribution in [2.24, 2.45) is 0 Å². The highest BCUT2D eigenvalue weighted by atomic mass is 35.5. The number of nitriles is 1. The Labute approximate surface area is 130 Å². The van der Waals surface area contributed by atoms with Gasteiger partial charge in [-0.15, -0.1) is 0 Å². The van der Waals surface area contributed by atoms with Gasteiger partial charge in [-0.2, -0.15) is 5.26 Å². The average molecular weight is 345 g/mol. The van der Waals surface area contributed by atoms with Crippen LogP contribution in [0.1, 0.15) is 5.56 Å². The molecular formula is C13H7Cl2FN2O2S. The number of sulfonamides is 1. The Morgan fingerprint density at radius 1 is 1.14 bits per heavy atom. The number of hydrogen-bond donors (Lipinski definition) is 1. The van der Waals surface area contributed by atoms with Crippen LogP contribution in [0.5, 0.6) is 0 Å². The van der Waals surface area contributed by atoms with Crippen LogP contribution < -0.4 is 4.72 Å². The van der Waals surface area contributed by atoms with Crippen molar-refractivity contribution in [1.29, 1.82) is 5.26 Å². The first-order chi connectivity index (χ1) is 9.83. The third-order valence-corrected chi connectivity index (χ3v) is 4.46. The first-order valence-corrected chi connectivity index (χ1v) is 7.75. The second kappa shape index (κ2) is 5.90. The smallest absolute Gasteiger partial charge is 0.262 e. The van der Waals surface area contributed by atoms with Crippen LogP contribution in [0.15, 0.2) is 41.3 Å². The minimum Gasteiger partial charge on any atom is -0.277 e. The normalized spacial score (nSPS) is 11.0. The topological polar surface area (TPSA) is 70.0 Å². The van der Waals surface area contributed by atoms with Crippen LogP contribution in [-0.4, -0.2) is 8.42 Å². The molecule has 0 amide bonds. The Balaban J connectivity index is 2.39. The van der Waals surface area contributed by atoms with E-state index in [-0.39, 0.29) is 26.2 Å². The van der Waals surface area contributed by atoms with Gasteiger partial charge in [-0.3, -0.25) is 4.72 Å². The summed E-state index contributed by atoms with van der Waals surface area (Å²) in [5.74, 6) is -0.800. The second-order valence-electron chi connectivity index (χ2n) is 3.98. The number of halogens is 3. The fourth-order valence-electron chi connectivity index (χ4n) is 1.53. The van der Waals surface area contributed by atoms with E-state index in [9.17, 15) is 12.8 Å². The van der Waals surface area contributed by atoms with Crippen molar-refractivity contribution in [3.05, 3.63) is 57.8 Å². The van der Waals surface area contributed by atoms with E-state index in [0.29, 0.717) is 0 Å². The molecule has 4 nitrogen and oxygen atoms in total. The summed E-state index contributed by atoms with van der Waals surface area (Å²) in [6.07, 6.45) is 0. The Hall–Kier alpha value is -1.81. The fourth-order valence-corrected chi connectivity index (χ4v) is 3.07. The van der Waals surface area contributed by atoms with Gasteiger partial charge in [0.25, 0.3) is 10.0 Å². The van der Waals surface area contributed by atoms with Crippen LogP contribution in [-0.2, 0) is 10.0 Å². The number of benzene rings is 2. The molecule has 0 bridgehead atoms. The third-order valence-electron chi connectivity index (χ3n) is 2.55. The van der Waals surface area contributed by atoms with Crippen LogP contribution >= 0.6 is 23.2 Å². The zero-order valence-electron chi connectivity index (χ0n) is 10.3. The molecule has 0 aromatic heterocycles. The van der Waals surface area contributed by atoms with Crippen molar-refractivity contribution in [2.45, 2.75) is 4.90 Å². The molecule has 108 valence electrons. The van der Waals surface area contributed by atoms with Gasteiger partial charge in [0.15, 0.2) is 0 Å². The van der Waals surface area contributed by atoms with Gasteiger partial charge in [0.2, 0.25) is 0 Å². The molecule has 0 radical (unpaired) electrons. The molecule has 0 saturated heterocycles. The van der Waals surface area contributed by atoms with Gasteiger partial charge in [0.05, 0.1) is 21.2 Å². The van der Waals surface area contributed by atoms with E-state index < -0.39 is 15.8 Å². The van der Waals surface area contributed by atoms with Crippen LogP contribution in [0.25, 0.3) is 0 Å². The Morgan fingerprint density at radius 3 is 2.43 bits per heavy atom. The lowest BCUT2D eigenvalue weighted by molar-refractivity contribution is 0.598. The molecule has 2 aromatic carbocycles. The molecule has 0 aliphatic heterocycles. The van der Waals surface area contributed by atoms with E-state index in [1.165, 1.54) is 24.3 Å². The molecule has 0 heterocycles. The lowest BCUT2D eigenvalue weighted by atomic mass is 10.2. The zero-order chi connectivity index (χ0) is 15.6. The maximum atomic E-state index is 13.6. The van der Waals surface area contributed by atoms with Crippen LogP contribution in [0.2, 0.25) is 10.0 Å². The summed E-state index contributed by atoms with van der Waals surface area (Å²) in [6.45, 7) is 0. The Morgan fingerprint density at radius 2 is 1.86 bits per heavy atom. The monoisotopic (exact) mass is 344 g/mol. The molecule has 8 heteroatoms. The first kappa shape index (κ1) is 15.6. The van der Waals surface area contributed by atoms with Crippen molar-refractivity contribution in [2.75, 3.05) is 4.72 Å². The summed E-state index contributed by atoms with van der Waals surface area (Å²) >= 11 is 11.4. The number of rotatable bonds is 3. The van der Waals surface area contributed by atoms with Crippen molar-refractivity contribution in [3.8, 4) is 6.07 Å². The fraction of sp³-hybridized carbons (Fsp3) is 0. The van der Waals surface area contributed by atoms with Gasteiger partial charge in [-0.1, -0.05) is 23.2 Å². The van der Waals surface area contributed by atoms with Crippen LogP contribution in [0.3, 0.4) is 0 Å². The van der Waals surface area contributed by atoms with E-state index in [0.717, 1.165) is 12.1 Å². The highest BCUT2D eigenvalue weighted by Crippen LogP contribution is 2.24. The lowest BCUT2D eigenvalue weighted by Gasteiger charge is -2.09. The maximum absolute atomic E-state index is 13.6. The zero-order valence-corrected chi connectivity index (χ0v) is 12.6. The van der Waals surface area contributed by atoms with E-state index in [1.54, 1.807) is 0 Å². The third kappa shape index (κ3) is 3.45. The van der Waals surface area contributed by atoms with E-state index >= 15 is 0 Å². The number of nitrogens with one attached hydrogen (secondary N) is 1. The van der Waals surface area contributed by atoms with Gasteiger partial charge in [-0.05, 0) is 36.4 Å². The molecule has 0 saturated carbocycles. The van der Waals surface area contributed by atoms with Crippen molar-refractivity contribution < 1.29 is 12.8 Å². The van der Waals surface area contributed by atoms with Crippen molar-refractivity contribution in [1.82, 2.24) is 0 Å². The van der Waals surface area contributed by atoms with E-state index in [4.69, 9.17) is 28.5 Å². The summed E-state index contributed by atoms with van der Waals surface area (Å²) in [7, 11) is -4.02. The molecule has 0 fully saturated rings. The first-order valence-electron chi connectivity index (χ1n) is 5.51. The summed E-state index contributed by atoms with van der Waals surface area (Å²) in [4.78, 5) is -0.180. The second-order valence-corrected chi connectivity index (χ2v) is 6.51. The van der Waals surface area contributed by atoms with E-state index in [1.807, 2.05) is 6.07 Å². The molecular weight excluding hydrogens is 338 g/mol. The summed E-state index contributed by atoms with van der Waals surface area (Å²) < 4.78 is 40.0. The average Bonchev–Trinajstić information content (AvgIpc) is 2.42. The molecule has 0 aliphatic rings. The van der Waals surface area contributed by atoms with Gasteiger partial charge in [0, 0.05) is 5.02 Å². The van der Waals surface area contributed by atoms with Crippen molar-refractivity contribution >= 4 is 38.9 Å². The standard InChI is InChI=1S/C13H7Cl2FN2O2S/c14-9-2-4-13(12(16)5-9)18-21(19,20)10-3-1-8(7-17)11(15)6-10/h1-6,18H. The molecule has 2 rings (SSSR count). The lowest BCUT2D eigenvalue weighted by Crippen LogP contribution is -2.14. The Bertz CT molecular complexity index is 848. The van der Waals surface area contributed by atoms with Crippen LogP contribution in [0, 0.1) is 17.1 Å². The molecule has 0 unspecified atom stereocenters. The molecule has 0 spiro atoms. The number of hydrogen-bond acceptors (Lipinski definition) is 3. The molecule has 1 N–H and O–H groups in total. The summed E-state index contributed by atoms with van der Waals surface area (Å²) in [5, 5.41) is 8.90. The summed E-state index contributed by atoms with van der Waals surface area (Å²) in [5.41, 5.74) is -0.0897. The highest BCUT2D eigenvalue weighted by molar-refractivity contribution is 7.92. The Kier molecular flexibility index (Phi) is 4.37. The molecule has 2 aromatic rings. The largest absolute Gasteiger partial charge is 0.277 e. The predicted molar refractivity (Wildman–Crippen MR) is 78.4 cm³/mol. The number of anilines is 1.